The molecule has 0 aliphatic rings. The lowest BCUT2D eigenvalue weighted by Crippen LogP contribution is -2.11. The average Bonchev–Trinajstić information content (AvgIpc) is 3.86. The van der Waals surface area contributed by atoms with E-state index in [0.29, 0.717) is 69.0 Å². The maximum Gasteiger partial charge on any atom is 0.416 e. The summed E-state index contributed by atoms with van der Waals surface area (Å²) in [6, 6.07) is 31.8. The van der Waals surface area contributed by atoms with Crippen molar-refractivity contribution < 1.29 is 65.9 Å². The first-order valence-electron chi connectivity index (χ1n) is 21.6. The molecule has 10 rings (SSSR count). The highest BCUT2D eigenvalue weighted by molar-refractivity contribution is 6.13. The van der Waals surface area contributed by atoms with E-state index >= 15 is 0 Å². The molecule has 4 nitrogen and oxygen atoms in total. The molecular weight excluding hydrogens is 1000 g/mol. The summed E-state index contributed by atoms with van der Waals surface area (Å²) in [6.45, 7) is 0. The minimum Gasteiger partial charge on any atom is -0.307 e. The second-order valence-electron chi connectivity index (χ2n) is 17.2. The zero-order valence-corrected chi connectivity index (χ0v) is 36.9. The van der Waals surface area contributed by atoms with Crippen LogP contribution in [0.25, 0.3) is 88.4 Å². The molecule has 8 aromatic carbocycles. The molecule has 2 aromatic heterocycles. The van der Waals surface area contributed by atoms with Crippen LogP contribution in [0.1, 0.15) is 38.9 Å². The lowest BCUT2D eigenvalue weighted by Gasteiger charge is -2.20. The van der Waals surface area contributed by atoms with Crippen LogP contribution in [0.5, 0.6) is 0 Å². The molecule has 0 unspecified atom stereocenters. The molecule has 19 heteroatoms. The summed E-state index contributed by atoms with van der Waals surface area (Å²) < 4.78 is 217. The number of rotatable bonds is 5. The van der Waals surface area contributed by atoms with Gasteiger partial charge in [0.25, 0.3) is 0 Å². The van der Waals surface area contributed by atoms with Crippen molar-refractivity contribution in [3.63, 3.8) is 0 Å². The molecule has 0 aliphatic heterocycles. The van der Waals surface area contributed by atoms with Gasteiger partial charge in [-0.2, -0.15) is 76.4 Å². The highest BCUT2D eigenvalue weighted by atomic mass is 19.4. The van der Waals surface area contributed by atoms with Crippen molar-refractivity contribution in [2.75, 3.05) is 0 Å². The van der Waals surface area contributed by atoms with Gasteiger partial charge >= 0.3 is 30.9 Å². The van der Waals surface area contributed by atoms with Crippen molar-refractivity contribution in [3.05, 3.63) is 191 Å². The predicted molar refractivity (Wildman–Crippen MR) is 246 cm³/mol. The van der Waals surface area contributed by atoms with Crippen molar-refractivity contribution in [3.8, 4) is 56.9 Å². The van der Waals surface area contributed by atoms with Gasteiger partial charge in [0, 0.05) is 27.1 Å². The van der Waals surface area contributed by atoms with Crippen LogP contribution < -0.4 is 0 Å². The van der Waals surface area contributed by atoms with Crippen molar-refractivity contribution in [1.29, 1.82) is 10.5 Å². The number of benzene rings is 8. The summed E-state index contributed by atoms with van der Waals surface area (Å²) >= 11 is 0. The Labute approximate surface area is 406 Å². The topological polar surface area (TPSA) is 57.4 Å². The number of fused-ring (bicyclic) bond motifs is 6. The van der Waals surface area contributed by atoms with Crippen molar-refractivity contribution in [1.82, 2.24) is 9.13 Å². The van der Waals surface area contributed by atoms with E-state index in [-0.39, 0.29) is 62.4 Å². The molecule has 0 N–H and O–H groups in total. The third kappa shape index (κ3) is 8.57. The number of aromatic nitrogens is 2. The third-order valence-electron chi connectivity index (χ3n) is 12.6. The molecule has 0 bridgehead atoms. The molecule has 0 fully saturated rings. The Kier molecular flexibility index (Phi) is 11.2. The first-order chi connectivity index (χ1) is 34.7. The van der Waals surface area contributed by atoms with Gasteiger partial charge in [0.15, 0.2) is 0 Å². The predicted octanol–water partition coefficient (Wildman–Crippen LogP) is 17.7. The number of halogens is 15. The van der Waals surface area contributed by atoms with Crippen molar-refractivity contribution in [2.45, 2.75) is 30.9 Å². The zero-order valence-electron chi connectivity index (χ0n) is 36.9. The molecule has 0 radical (unpaired) electrons. The first-order valence-corrected chi connectivity index (χ1v) is 21.6. The Morgan fingerprint density at radius 3 is 1.07 bits per heavy atom. The lowest BCUT2D eigenvalue weighted by molar-refractivity contribution is -0.144. The second kappa shape index (κ2) is 16.9. The molecule has 0 aliphatic carbocycles. The third-order valence-corrected chi connectivity index (χ3v) is 12.6. The monoisotopic (exact) mass is 1030 g/mol. The number of hydrogen-bond donors (Lipinski definition) is 0. The summed E-state index contributed by atoms with van der Waals surface area (Å²) in [7, 11) is 0. The number of nitrogens with zero attached hydrogens (tertiary/aromatic N) is 4. The highest BCUT2D eigenvalue weighted by Crippen LogP contribution is 2.46. The quantitative estimate of drug-likeness (QED) is 0.161. The fourth-order valence-electron chi connectivity index (χ4n) is 9.34. The van der Waals surface area contributed by atoms with E-state index < -0.39 is 75.4 Å². The Morgan fingerprint density at radius 1 is 0.311 bits per heavy atom. The molecule has 2 heterocycles. The highest BCUT2D eigenvalue weighted by Gasteiger charge is 2.39. The van der Waals surface area contributed by atoms with Crippen molar-refractivity contribution >= 4 is 43.6 Å². The van der Waals surface area contributed by atoms with Gasteiger partial charge in [-0.05, 0) is 119 Å². The molecule has 370 valence electrons. The van der Waals surface area contributed by atoms with Gasteiger partial charge < -0.3 is 9.13 Å². The summed E-state index contributed by atoms with van der Waals surface area (Å²) in [5, 5.41) is 22.4. The van der Waals surface area contributed by atoms with Gasteiger partial charge in [0.1, 0.15) is 0 Å². The van der Waals surface area contributed by atoms with Crippen LogP contribution in [-0.4, -0.2) is 9.13 Å². The van der Waals surface area contributed by atoms with Crippen LogP contribution >= 0.6 is 0 Å². The fourth-order valence-corrected chi connectivity index (χ4v) is 9.34. The second-order valence-corrected chi connectivity index (χ2v) is 17.2. The van der Waals surface area contributed by atoms with Crippen LogP contribution in [0.3, 0.4) is 0 Å². The Hall–Kier alpha value is -8.71. The molecule has 0 spiro atoms. The van der Waals surface area contributed by atoms with Crippen LogP contribution in [0.2, 0.25) is 0 Å². The average molecular weight is 1030 g/mol. The molecular formula is C55H25F15N4. The van der Waals surface area contributed by atoms with Crippen LogP contribution in [0, 0.1) is 22.7 Å². The van der Waals surface area contributed by atoms with Gasteiger partial charge in [0.05, 0.1) is 84.5 Å². The summed E-state index contributed by atoms with van der Waals surface area (Å²) in [5.41, 5.74) is -9.29. The Balaban J connectivity index is 1.35. The van der Waals surface area contributed by atoms with Gasteiger partial charge in [-0.3, -0.25) is 0 Å². The number of hydrogen-bond acceptors (Lipinski definition) is 2. The minimum absolute atomic E-state index is 0.00707. The largest absolute Gasteiger partial charge is 0.416 e. The SMILES string of the molecule is N#Cc1cc(-c2cc(-n3c4ccccc4c4ccc(-c5cc(C(F)(F)F)cc(C(F)(F)F)c5)cc43)c(-n3c4ccccc4c4ccc(-c5cc(C(F)(F)F)cc(C(F)(F)F)c5)cc43)cc2C#N)cc(C(F)(F)F)c1. The standard InChI is InChI=1S/C55H25F15N4/c56-51(57,58)35-14-28(26-71)13-33(19-35)44-25-50(74-46-8-4-2-6-41(46)43-12-10-30(21-48(43)74)32-17-38(54(65,66)67)24-39(18-32)55(68,69)70)49(22-34(44)27-72)73-45-7-3-1-5-40(45)42-11-9-29(20-47(42)73)31-15-36(52(59,60)61)23-37(16-31)53(62,63)64/h1-25H. The number of nitriles is 2. The summed E-state index contributed by atoms with van der Waals surface area (Å²) in [4.78, 5) is 0. The first kappa shape index (κ1) is 48.9. The van der Waals surface area contributed by atoms with E-state index in [1.54, 1.807) is 54.6 Å². The van der Waals surface area contributed by atoms with E-state index in [1.807, 2.05) is 6.07 Å². The van der Waals surface area contributed by atoms with E-state index in [2.05, 4.69) is 0 Å². The van der Waals surface area contributed by atoms with E-state index in [4.69, 9.17) is 0 Å². The lowest BCUT2D eigenvalue weighted by atomic mass is 9.94. The molecule has 74 heavy (non-hydrogen) atoms. The van der Waals surface area contributed by atoms with E-state index in [9.17, 15) is 76.4 Å². The smallest absolute Gasteiger partial charge is 0.307 e. The van der Waals surface area contributed by atoms with E-state index in [0.717, 1.165) is 6.07 Å². The van der Waals surface area contributed by atoms with Gasteiger partial charge in [0.2, 0.25) is 0 Å². The van der Waals surface area contributed by atoms with Crippen LogP contribution in [0.4, 0.5) is 65.9 Å². The fraction of sp³-hybridized carbons (Fsp3) is 0.0909. The maximum atomic E-state index is 14.4. The molecule has 0 saturated heterocycles. The molecule has 0 atom stereocenters. The number of para-hydroxylation sites is 2. The van der Waals surface area contributed by atoms with E-state index in [1.165, 1.54) is 57.7 Å². The van der Waals surface area contributed by atoms with Crippen LogP contribution in [0.15, 0.2) is 152 Å². The number of alkyl halides is 15. The minimum atomic E-state index is -5.22. The van der Waals surface area contributed by atoms with Gasteiger partial charge in [-0.25, -0.2) is 0 Å². The molecule has 10 aromatic rings. The van der Waals surface area contributed by atoms with Crippen LogP contribution in [-0.2, 0) is 30.9 Å². The summed E-state index contributed by atoms with van der Waals surface area (Å²) in [6.07, 6.45) is -25.9. The molecule has 0 saturated carbocycles. The zero-order chi connectivity index (χ0) is 53.0. The molecule has 0 amide bonds. The van der Waals surface area contributed by atoms with Crippen molar-refractivity contribution in [2.24, 2.45) is 0 Å². The Morgan fingerprint density at radius 2 is 0.676 bits per heavy atom. The maximum absolute atomic E-state index is 14.4. The van der Waals surface area contributed by atoms with Gasteiger partial charge in [-0.1, -0.05) is 60.7 Å². The normalized spacial score (nSPS) is 12.8. The van der Waals surface area contributed by atoms with Gasteiger partial charge in [-0.15, -0.1) is 0 Å². The Bertz CT molecular complexity index is 3970. The summed E-state index contributed by atoms with van der Waals surface area (Å²) in [5.74, 6) is 0.